The Morgan fingerprint density at radius 1 is 0.735 bits per heavy atom. The highest BCUT2D eigenvalue weighted by atomic mass is 16.5. The monoisotopic (exact) mass is 656 g/mol. The number of aromatic amines is 2. The number of aryl methyl sites for hydroxylation is 2. The van der Waals surface area contributed by atoms with E-state index in [1.807, 2.05) is 80.6 Å². The highest BCUT2D eigenvalue weighted by molar-refractivity contribution is 5.98. The maximum Gasteiger partial charge on any atom is 0.258 e. The number of hydrogen-bond donors (Lipinski definition) is 3. The van der Waals surface area contributed by atoms with Crippen molar-refractivity contribution in [2.75, 3.05) is 13.7 Å². The number of carbonyl (C=O) groups excluding carboxylic acids is 1. The zero-order valence-electron chi connectivity index (χ0n) is 27.6. The third-order valence-corrected chi connectivity index (χ3v) is 8.07. The van der Waals surface area contributed by atoms with E-state index in [0.29, 0.717) is 22.3 Å². The van der Waals surface area contributed by atoms with E-state index in [9.17, 15) is 14.4 Å². The van der Waals surface area contributed by atoms with E-state index in [4.69, 9.17) is 25.2 Å². The fraction of sp³-hybridized carbons (Fsp3) is 0.179. The second kappa shape index (κ2) is 15.2. The number of ether oxygens (including phenoxy) is 3. The second-order valence-electron chi connectivity index (χ2n) is 11.5. The summed E-state index contributed by atoms with van der Waals surface area (Å²) >= 11 is 0. The number of rotatable bonds is 9. The molecule has 10 heteroatoms. The van der Waals surface area contributed by atoms with Gasteiger partial charge in [0.25, 0.3) is 17.0 Å². The molecule has 6 rings (SSSR count). The Hall–Kier alpha value is -6.18. The average molecular weight is 657 g/mol. The Kier molecular flexibility index (Phi) is 10.6. The molecular formula is C39H36N4O6. The fourth-order valence-electron chi connectivity index (χ4n) is 5.50. The average Bonchev–Trinajstić information content (AvgIpc) is 3.10. The molecule has 0 bridgehead atoms. The van der Waals surface area contributed by atoms with Gasteiger partial charge in [0, 0.05) is 30.6 Å². The van der Waals surface area contributed by atoms with Crippen LogP contribution in [0.15, 0.2) is 107 Å². The predicted octanol–water partition coefficient (Wildman–Crippen LogP) is 6.18. The lowest BCUT2D eigenvalue weighted by Gasteiger charge is -2.13. The van der Waals surface area contributed by atoms with Gasteiger partial charge in [-0.1, -0.05) is 48.5 Å². The molecule has 10 nitrogen and oxygen atoms in total. The highest BCUT2D eigenvalue weighted by Gasteiger charge is 2.15. The molecule has 6 aromatic rings. The Labute approximate surface area is 282 Å². The van der Waals surface area contributed by atoms with Crippen LogP contribution in [0.25, 0.3) is 43.8 Å². The van der Waals surface area contributed by atoms with Crippen LogP contribution in [0.1, 0.15) is 18.1 Å². The number of benzene rings is 4. The normalized spacial score (nSPS) is 12.0. The maximum absolute atomic E-state index is 12.3. The number of H-pyrrole nitrogens is 2. The molecule has 1 amide bonds. The minimum absolute atomic E-state index is 0.161. The van der Waals surface area contributed by atoms with E-state index in [1.54, 1.807) is 43.6 Å². The van der Waals surface area contributed by atoms with Crippen molar-refractivity contribution in [2.45, 2.75) is 33.0 Å². The van der Waals surface area contributed by atoms with Gasteiger partial charge < -0.3 is 29.9 Å². The van der Waals surface area contributed by atoms with Gasteiger partial charge in [-0.2, -0.15) is 5.26 Å². The van der Waals surface area contributed by atoms with E-state index < -0.39 is 18.1 Å². The molecule has 0 saturated carbocycles. The minimum atomic E-state index is -0.763. The molecule has 2 atom stereocenters. The van der Waals surface area contributed by atoms with Crippen molar-refractivity contribution >= 4 is 27.5 Å². The Morgan fingerprint density at radius 2 is 1.20 bits per heavy atom. The lowest BCUT2D eigenvalue weighted by molar-refractivity contribution is -0.123. The van der Waals surface area contributed by atoms with Gasteiger partial charge in [0.1, 0.15) is 17.6 Å². The summed E-state index contributed by atoms with van der Waals surface area (Å²) in [6, 6.07) is 28.5. The zero-order valence-corrected chi connectivity index (χ0v) is 27.6. The molecule has 0 aliphatic rings. The number of fused-ring (bicyclic) bond motifs is 2. The van der Waals surface area contributed by atoms with Crippen molar-refractivity contribution in [2.24, 2.45) is 5.73 Å². The number of amides is 1. The van der Waals surface area contributed by atoms with E-state index in [2.05, 4.69) is 9.97 Å². The molecule has 2 unspecified atom stereocenters. The summed E-state index contributed by atoms with van der Waals surface area (Å²) in [5, 5.41) is 11.8. The number of methoxy groups -OCH3 is 1. The van der Waals surface area contributed by atoms with Crippen LogP contribution in [0.2, 0.25) is 0 Å². The molecule has 2 heterocycles. The van der Waals surface area contributed by atoms with Crippen LogP contribution in [0.4, 0.5) is 0 Å². The Morgan fingerprint density at radius 3 is 1.63 bits per heavy atom. The summed E-state index contributed by atoms with van der Waals surface area (Å²) < 4.78 is 16.0. The predicted molar refractivity (Wildman–Crippen MR) is 191 cm³/mol. The molecule has 0 radical (unpaired) electrons. The van der Waals surface area contributed by atoms with Gasteiger partial charge in [0.2, 0.25) is 6.10 Å². The first-order chi connectivity index (χ1) is 23.6. The van der Waals surface area contributed by atoms with Gasteiger partial charge in [-0.15, -0.1) is 0 Å². The lowest BCUT2D eigenvalue weighted by atomic mass is 9.97. The van der Waals surface area contributed by atoms with Crippen molar-refractivity contribution in [1.29, 1.82) is 5.26 Å². The van der Waals surface area contributed by atoms with Crippen LogP contribution >= 0.6 is 0 Å². The molecule has 4 N–H and O–H groups in total. The van der Waals surface area contributed by atoms with Crippen molar-refractivity contribution in [1.82, 2.24) is 9.97 Å². The summed E-state index contributed by atoms with van der Waals surface area (Å²) in [7, 11) is 1.51. The summed E-state index contributed by atoms with van der Waals surface area (Å²) in [5.74, 6) is 0.336. The molecule has 0 saturated heterocycles. The van der Waals surface area contributed by atoms with Gasteiger partial charge in [0.05, 0.1) is 17.4 Å². The SMILES string of the molecule is COCC(C#N)Oc1ccc2c(-c3ccccc3C)c[nH]c(=O)c2c1.Cc1ccccc1-c1c[nH]c(=O)c2cc(OC(C)C(N)=O)ccc12. The van der Waals surface area contributed by atoms with Crippen LogP contribution in [0.5, 0.6) is 11.5 Å². The minimum Gasteiger partial charge on any atom is -0.481 e. The van der Waals surface area contributed by atoms with E-state index in [1.165, 1.54) is 7.11 Å². The third-order valence-electron chi connectivity index (χ3n) is 8.07. The second-order valence-corrected chi connectivity index (χ2v) is 11.5. The van der Waals surface area contributed by atoms with Gasteiger partial charge in [0.15, 0.2) is 6.10 Å². The van der Waals surface area contributed by atoms with E-state index in [-0.39, 0.29) is 17.7 Å². The molecule has 0 aliphatic carbocycles. The quantitative estimate of drug-likeness (QED) is 0.168. The first-order valence-electron chi connectivity index (χ1n) is 15.5. The van der Waals surface area contributed by atoms with Crippen LogP contribution in [-0.4, -0.2) is 41.8 Å². The number of hydrogen-bond acceptors (Lipinski definition) is 7. The van der Waals surface area contributed by atoms with Crippen molar-refractivity contribution in [3.63, 3.8) is 0 Å². The van der Waals surface area contributed by atoms with Crippen molar-refractivity contribution in [3.05, 3.63) is 129 Å². The summed E-state index contributed by atoms with van der Waals surface area (Å²) in [5.41, 5.74) is 11.1. The standard InChI is InChI=1S/C20H18N2O3.C19H18N2O3/c1-13-5-3-4-6-16(13)19-11-22-20(23)18-9-14(7-8-17(18)19)25-15(10-21)12-24-2;1-11-5-3-4-6-14(11)17-10-21-19(23)16-9-13(7-8-15(16)17)24-12(2)18(20)22/h3-9,11,15H,12H2,1-2H3,(H,22,23);3-10,12H,1-2H3,(H2,20,22)(H,21,23). The van der Waals surface area contributed by atoms with Crippen molar-refractivity contribution in [3.8, 4) is 39.8 Å². The Bertz CT molecular complexity index is 2300. The van der Waals surface area contributed by atoms with Crippen LogP contribution in [0, 0.1) is 25.2 Å². The fourth-order valence-corrected chi connectivity index (χ4v) is 5.50. The van der Waals surface area contributed by atoms with Crippen molar-refractivity contribution < 1.29 is 19.0 Å². The first-order valence-corrected chi connectivity index (χ1v) is 15.5. The molecule has 2 aromatic heterocycles. The number of nitrogens with zero attached hydrogens (tertiary/aromatic N) is 1. The number of pyridine rings is 2. The maximum atomic E-state index is 12.3. The number of nitriles is 1. The van der Waals surface area contributed by atoms with Gasteiger partial charge in [-0.25, -0.2) is 0 Å². The van der Waals surface area contributed by atoms with E-state index >= 15 is 0 Å². The highest BCUT2D eigenvalue weighted by Crippen LogP contribution is 2.32. The largest absolute Gasteiger partial charge is 0.481 e. The van der Waals surface area contributed by atoms with Gasteiger partial charge in [-0.05, 0) is 90.2 Å². The number of nitrogens with two attached hydrogens (primary N) is 1. The van der Waals surface area contributed by atoms with Gasteiger partial charge in [-0.3, -0.25) is 14.4 Å². The Balaban J connectivity index is 0.000000191. The van der Waals surface area contributed by atoms with Crippen LogP contribution in [-0.2, 0) is 9.53 Å². The van der Waals surface area contributed by atoms with E-state index in [0.717, 1.165) is 44.2 Å². The lowest BCUT2D eigenvalue weighted by Crippen LogP contribution is -2.30. The summed E-state index contributed by atoms with van der Waals surface area (Å²) in [4.78, 5) is 41.2. The number of nitrogens with one attached hydrogen (secondary N) is 2. The molecule has 4 aromatic carbocycles. The summed E-state index contributed by atoms with van der Waals surface area (Å²) in [6.45, 7) is 5.79. The first kappa shape index (κ1) is 34.2. The number of aromatic nitrogens is 2. The molecule has 49 heavy (non-hydrogen) atoms. The number of carbonyl (C=O) groups is 1. The molecule has 0 spiro atoms. The topological polar surface area (TPSA) is 160 Å². The summed E-state index contributed by atoms with van der Waals surface area (Å²) in [6.07, 6.45) is 1.97. The smallest absolute Gasteiger partial charge is 0.258 e. The molecule has 248 valence electrons. The van der Waals surface area contributed by atoms with Gasteiger partial charge >= 0.3 is 0 Å². The molecule has 0 fully saturated rings. The van der Waals surface area contributed by atoms with Crippen LogP contribution in [0.3, 0.4) is 0 Å². The third kappa shape index (κ3) is 7.70. The molecular weight excluding hydrogens is 620 g/mol. The van der Waals surface area contributed by atoms with Crippen LogP contribution < -0.4 is 26.3 Å². The zero-order chi connectivity index (χ0) is 35.1. The number of primary amides is 1. The molecule has 0 aliphatic heterocycles.